The number of halogens is 1. The predicted molar refractivity (Wildman–Crippen MR) is 125 cm³/mol. The second-order valence-corrected chi connectivity index (χ2v) is 7.29. The Morgan fingerprint density at radius 3 is 2.16 bits per heavy atom. The fraction of sp³-hybridized carbons (Fsp3) is 0.120. The maximum atomic E-state index is 12.8. The molecule has 32 heavy (non-hydrogen) atoms. The van der Waals surface area contributed by atoms with Crippen LogP contribution in [0, 0.1) is 11.3 Å². The van der Waals surface area contributed by atoms with E-state index in [-0.39, 0.29) is 5.56 Å². The van der Waals surface area contributed by atoms with Gasteiger partial charge < -0.3 is 18.9 Å². The largest absolute Gasteiger partial charge is 0.493 e. The first-order valence-corrected chi connectivity index (χ1v) is 10.3. The van der Waals surface area contributed by atoms with E-state index in [1.807, 2.05) is 30.3 Å². The summed E-state index contributed by atoms with van der Waals surface area (Å²) in [5.74, 6) is 0.780. The normalized spacial score (nSPS) is 10.8. The van der Waals surface area contributed by atoms with Gasteiger partial charge in [-0.1, -0.05) is 42.5 Å². The third-order valence-corrected chi connectivity index (χ3v) is 5.38. The van der Waals surface area contributed by atoms with Crippen molar-refractivity contribution < 1.29 is 23.7 Å². The molecule has 0 saturated carbocycles. The van der Waals surface area contributed by atoms with E-state index in [0.29, 0.717) is 33.0 Å². The maximum Gasteiger partial charge on any atom is 0.344 e. The molecule has 3 rings (SSSR count). The first kappa shape index (κ1) is 22.9. The number of nitriles is 1. The minimum atomic E-state index is -0.596. The number of rotatable bonds is 7. The van der Waals surface area contributed by atoms with Gasteiger partial charge in [0.15, 0.2) is 11.5 Å². The summed E-state index contributed by atoms with van der Waals surface area (Å²) in [5, 5.41) is 9.47. The number of benzene rings is 3. The van der Waals surface area contributed by atoms with Gasteiger partial charge in [-0.2, -0.15) is 5.26 Å². The van der Waals surface area contributed by atoms with Gasteiger partial charge in [0, 0.05) is 0 Å². The highest BCUT2D eigenvalue weighted by molar-refractivity contribution is 9.10. The van der Waals surface area contributed by atoms with Crippen molar-refractivity contribution in [2.24, 2.45) is 0 Å². The molecule has 0 aromatic heterocycles. The molecule has 0 heterocycles. The lowest BCUT2D eigenvalue weighted by atomic mass is 10.0. The number of methoxy groups -OCH3 is 3. The molecule has 6 nitrogen and oxygen atoms in total. The molecule has 0 aliphatic carbocycles. The number of ether oxygens (including phenoxy) is 4. The summed E-state index contributed by atoms with van der Waals surface area (Å²) < 4.78 is 21.9. The van der Waals surface area contributed by atoms with Crippen LogP contribution in [0.15, 0.2) is 65.1 Å². The van der Waals surface area contributed by atoms with Crippen LogP contribution in [0.1, 0.15) is 21.5 Å². The number of carbonyl (C=O) groups is 1. The Balaban J connectivity index is 1.84. The molecule has 0 N–H and O–H groups in total. The van der Waals surface area contributed by atoms with Crippen LogP contribution >= 0.6 is 15.9 Å². The summed E-state index contributed by atoms with van der Waals surface area (Å²) >= 11 is 3.38. The Bertz CT molecular complexity index is 1180. The van der Waals surface area contributed by atoms with Crippen LogP contribution in [0.5, 0.6) is 23.0 Å². The van der Waals surface area contributed by atoms with E-state index in [4.69, 9.17) is 18.9 Å². The van der Waals surface area contributed by atoms with Crippen LogP contribution in [0.3, 0.4) is 0 Å². The minimum Gasteiger partial charge on any atom is -0.493 e. The van der Waals surface area contributed by atoms with Crippen LogP contribution in [0.4, 0.5) is 0 Å². The fourth-order valence-electron chi connectivity index (χ4n) is 3.03. The summed E-state index contributed by atoms with van der Waals surface area (Å²) in [4.78, 5) is 12.8. The molecule has 0 amide bonds. The average molecular weight is 494 g/mol. The third-order valence-electron chi connectivity index (χ3n) is 4.60. The molecule has 0 saturated heterocycles. The molecule has 0 fully saturated rings. The standard InChI is InChI=1S/C25H20BrNO5/c1-29-21-14-20(22(26)24(31-3)23(21)30-2)25(28)32-19-11-9-16(10-12-19)13-18(15-27)17-7-5-4-6-8-17/h4-14H,1-3H3/b18-13-. The Kier molecular flexibility index (Phi) is 7.53. The molecular formula is C25H20BrNO5. The molecule has 0 atom stereocenters. The zero-order valence-electron chi connectivity index (χ0n) is 17.7. The van der Waals surface area contributed by atoms with Crippen LogP contribution in [0.25, 0.3) is 11.6 Å². The summed E-state index contributed by atoms with van der Waals surface area (Å²) in [5.41, 5.74) is 2.40. The zero-order chi connectivity index (χ0) is 23.1. The Morgan fingerprint density at radius 2 is 1.59 bits per heavy atom. The maximum absolute atomic E-state index is 12.8. The van der Waals surface area contributed by atoms with E-state index in [9.17, 15) is 10.1 Å². The summed E-state index contributed by atoms with van der Waals surface area (Å²) in [7, 11) is 4.42. The van der Waals surface area contributed by atoms with E-state index in [2.05, 4.69) is 22.0 Å². The highest BCUT2D eigenvalue weighted by Gasteiger charge is 2.24. The van der Waals surface area contributed by atoms with Gasteiger partial charge in [0.05, 0.1) is 43.0 Å². The molecular weight excluding hydrogens is 474 g/mol. The number of esters is 1. The van der Waals surface area contributed by atoms with Crippen molar-refractivity contribution in [1.82, 2.24) is 0 Å². The number of hydrogen-bond donors (Lipinski definition) is 0. The van der Waals surface area contributed by atoms with Gasteiger partial charge in [-0.3, -0.25) is 0 Å². The second-order valence-electron chi connectivity index (χ2n) is 6.50. The zero-order valence-corrected chi connectivity index (χ0v) is 19.3. The van der Waals surface area contributed by atoms with Gasteiger partial charge in [-0.05, 0) is 51.3 Å². The van der Waals surface area contributed by atoms with Gasteiger partial charge in [0.25, 0.3) is 0 Å². The van der Waals surface area contributed by atoms with E-state index in [0.717, 1.165) is 11.1 Å². The van der Waals surface area contributed by atoms with E-state index in [1.165, 1.54) is 27.4 Å². The number of hydrogen-bond acceptors (Lipinski definition) is 6. The Labute approximate surface area is 194 Å². The smallest absolute Gasteiger partial charge is 0.344 e. The minimum absolute atomic E-state index is 0.222. The van der Waals surface area contributed by atoms with Crippen LogP contribution in [-0.4, -0.2) is 27.3 Å². The molecule has 3 aromatic rings. The predicted octanol–water partition coefficient (Wildman–Crippen LogP) is 5.76. The molecule has 0 bridgehead atoms. The van der Waals surface area contributed by atoms with Gasteiger partial charge in [-0.15, -0.1) is 0 Å². The van der Waals surface area contributed by atoms with Crippen molar-refractivity contribution >= 4 is 33.5 Å². The molecule has 0 unspecified atom stereocenters. The quantitative estimate of drug-likeness (QED) is 0.180. The van der Waals surface area contributed by atoms with Crippen molar-refractivity contribution in [1.29, 1.82) is 5.26 Å². The second kappa shape index (κ2) is 10.5. The van der Waals surface area contributed by atoms with E-state index >= 15 is 0 Å². The highest BCUT2D eigenvalue weighted by atomic mass is 79.9. The molecule has 0 radical (unpaired) electrons. The average Bonchev–Trinajstić information content (AvgIpc) is 2.83. The molecule has 0 aliphatic heterocycles. The molecule has 3 aromatic carbocycles. The van der Waals surface area contributed by atoms with Gasteiger partial charge >= 0.3 is 5.97 Å². The van der Waals surface area contributed by atoms with Gasteiger partial charge in [0.1, 0.15) is 5.75 Å². The van der Waals surface area contributed by atoms with Crippen molar-refractivity contribution in [3.05, 3.63) is 81.8 Å². The number of allylic oxidation sites excluding steroid dienone is 1. The summed E-state index contributed by atoms with van der Waals surface area (Å²) in [6.07, 6.45) is 1.77. The number of carbonyl (C=O) groups excluding carboxylic acids is 1. The Hall–Kier alpha value is -3.76. The van der Waals surface area contributed by atoms with Crippen LogP contribution in [-0.2, 0) is 0 Å². The lowest BCUT2D eigenvalue weighted by Crippen LogP contribution is -2.11. The molecule has 7 heteroatoms. The monoisotopic (exact) mass is 493 g/mol. The Morgan fingerprint density at radius 1 is 0.938 bits per heavy atom. The SMILES string of the molecule is COc1cc(C(=O)Oc2ccc(/C=C(/C#N)c3ccccc3)cc2)c(Br)c(OC)c1OC. The highest BCUT2D eigenvalue weighted by Crippen LogP contribution is 2.45. The van der Waals surface area contributed by atoms with E-state index in [1.54, 1.807) is 30.3 Å². The number of nitrogens with zero attached hydrogens (tertiary/aromatic N) is 1. The van der Waals surface area contributed by atoms with Crippen molar-refractivity contribution in [3.8, 4) is 29.1 Å². The van der Waals surface area contributed by atoms with Crippen molar-refractivity contribution in [2.45, 2.75) is 0 Å². The van der Waals surface area contributed by atoms with E-state index < -0.39 is 5.97 Å². The first-order valence-electron chi connectivity index (χ1n) is 9.50. The lowest BCUT2D eigenvalue weighted by molar-refractivity contribution is 0.0732. The van der Waals surface area contributed by atoms with Crippen molar-refractivity contribution in [2.75, 3.05) is 21.3 Å². The van der Waals surface area contributed by atoms with Crippen LogP contribution in [0.2, 0.25) is 0 Å². The van der Waals surface area contributed by atoms with Crippen molar-refractivity contribution in [3.63, 3.8) is 0 Å². The third kappa shape index (κ3) is 4.93. The summed E-state index contributed by atoms with van der Waals surface area (Å²) in [6.45, 7) is 0. The molecule has 0 aliphatic rings. The first-order chi connectivity index (χ1) is 15.5. The lowest BCUT2D eigenvalue weighted by Gasteiger charge is -2.16. The summed E-state index contributed by atoms with van der Waals surface area (Å²) in [6, 6.07) is 20.0. The van der Waals surface area contributed by atoms with Crippen LogP contribution < -0.4 is 18.9 Å². The van der Waals surface area contributed by atoms with Gasteiger partial charge in [-0.25, -0.2) is 4.79 Å². The molecule has 0 spiro atoms. The fourth-order valence-corrected chi connectivity index (χ4v) is 3.65. The molecule has 162 valence electrons. The van der Waals surface area contributed by atoms with Gasteiger partial charge in [0.2, 0.25) is 5.75 Å². The topological polar surface area (TPSA) is 77.8 Å².